The highest BCUT2D eigenvalue weighted by Gasteiger charge is 2.29. The molecule has 19 heavy (non-hydrogen) atoms. The van der Waals surface area contributed by atoms with E-state index in [0.29, 0.717) is 17.7 Å². The second kappa shape index (κ2) is 5.83. The summed E-state index contributed by atoms with van der Waals surface area (Å²) >= 11 is 0. The molecule has 3 unspecified atom stereocenters. The average molecular weight is 263 g/mol. The van der Waals surface area contributed by atoms with E-state index in [1.54, 1.807) is 19.2 Å². The Labute approximate surface area is 116 Å². The SMILES string of the molecule is COc1ccc(O)c(CN2CC(C)CC(C)C2C)c1. The molecule has 0 radical (unpaired) electrons. The fraction of sp³-hybridized carbons (Fsp3) is 0.625. The normalized spacial score (nSPS) is 28.3. The van der Waals surface area contributed by atoms with Crippen molar-refractivity contribution in [3.05, 3.63) is 23.8 Å². The monoisotopic (exact) mass is 263 g/mol. The number of likely N-dealkylation sites (tertiary alicyclic amines) is 1. The van der Waals surface area contributed by atoms with Gasteiger partial charge in [0.1, 0.15) is 11.5 Å². The Balaban J connectivity index is 2.15. The molecule has 0 saturated carbocycles. The molecule has 0 aliphatic carbocycles. The molecule has 106 valence electrons. The third kappa shape index (κ3) is 3.21. The van der Waals surface area contributed by atoms with E-state index in [0.717, 1.165) is 30.3 Å². The second-order valence-corrected chi connectivity index (χ2v) is 5.98. The van der Waals surface area contributed by atoms with Gasteiger partial charge in [-0.2, -0.15) is 0 Å². The molecular weight excluding hydrogens is 238 g/mol. The van der Waals surface area contributed by atoms with Gasteiger partial charge < -0.3 is 9.84 Å². The molecule has 1 aromatic carbocycles. The summed E-state index contributed by atoms with van der Waals surface area (Å²) in [6.07, 6.45) is 1.29. The molecule has 1 aromatic rings. The van der Waals surface area contributed by atoms with Crippen LogP contribution < -0.4 is 4.74 Å². The van der Waals surface area contributed by atoms with Crippen LogP contribution in [0.25, 0.3) is 0 Å². The molecular formula is C16H25NO2. The molecule has 2 rings (SSSR count). The number of phenolic OH excluding ortho intramolecular Hbond substituents is 1. The summed E-state index contributed by atoms with van der Waals surface area (Å²) in [5.41, 5.74) is 0.951. The first-order valence-electron chi connectivity index (χ1n) is 7.11. The van der Waals surface area contributed by atoms with Gasteiger partial charge in [0.05, 0.1) is 7.11 Å². The van der Waals surface area contributed by atoms with Crippen molar-refractivity contribution in [3.8, 4) is 11.5 Å². The first kappa shape index (κ1) is 14.2. The zero-order valence-electron chi connectivity index (χ0n) is 12.4. The minimum atomic E-state index is 0.360. The number of nitrogens with zero attached hydrogens (tertiary/aromatic N) is 1. The number of phenols is 1. The lowest BCUT2D eigenvalue weighted by atomic mass is 9.86. The zero-order chi connectivity index (χ0) is 14.0. The molecule has 0 amide bonds. The molecule has 1 N–H and O–H groups in total. The van der Waals surface area contributed by atoms with Crippen molar-refractivity contribution in [2.75, 3.05) is 13.7 Å². The molecule has 0 spiro atoms. The smallest absolute Gasteiger partial charge is 0.120 e. The van der Waals surface area contributed by atoms with Gasteiger partial charge in [-0.3, -0.25) is 4.90 Å². The van der Waals surface area contributed by atoms with E-state index in [-0.39, 0.29) is 0 Å². The highest BCUT2D eigenvalue weighted by atomic mass is 16.5. The first-order valence-corrected chi connectivity index (χ1v) is 7.11. The van der Waals surface area contributed by atoms with Crippen molar-refractivity contribution in [1.82, 2.24) is 4.90 Å². The Hall–Kier alpha value is -1.22. The van der Waals surface area contributed by atoms with Crippen LogP contribution in [0.4, 0.5) is 0 Å². The maximum absolute atomic E-state index is 10.00. The number of rotatable bonds is 3. The van der Waals surface area contributed by atoms with Crippen molar-refractivity contribution in [1.29, 1.82) is 0 Å². The highest BCUT2D eigenvalue weighted by molar-refractivity contribution is 5.39. The molecule has 1 saturated heterocycles. The van der Waals surface area contributed by atoms with Crippen LogP contribution in [0.5, 0.6) is 11.5 Å². The number of benzene rings is 1. The maximum atomic E-state index is 10.00. The van der Waals surface area contributed by atoms with Crippen molar-refractivity contribution in [3.63, 3.8) is 0 Å². The molecule has 1 aliphatic rings. The number of hydrogen-bond donors (Lipinski definition) is 1. The van der Waals surface area contributed by atoms with Crippen LogP contribution in [0.15, 0.2) is 18.2 Å². The second-order valence-electron chi connectivity index (χ2n) is 5.98. The fourth-order valence-corrected chi connectivity index (χ4v) is 3.08. The molecule has 3 heteroatoms. The van der Waals surface area contributed by atoms with Crippen molar-refractivity contribution >= 4 is 0 Å². The van der Waals surface area contributed by atoms with Crippen LogP contribution in [0.2, 0.25) is 0 Å². The van der Waals surface area contributed by atoms with Gasteiger partial charge in [-0.15, -0.1) is 0 Å². The van der Waals surface area contributed by atoms with E-state index in [9.17, 15) is 5.11 Å². The number of hydrogen-bond acceptors (Lipinski definition) is 3. The summed E-state index contributed by atoms with van der Waals surface area (Å²) in [6.45, 7) is 8.80. The van der Waals surface area contributed by atoms with Gasteiger partial charge in [-0.25, -0.2) is 0 Å². The molecule has 0 aromatic heterocycles. The quantitative estimate of drug-likeness (QED) is 0.908. The maximum Gasteiger partial charge on any atom is 0.120 e. The number of methoxy groups -OCH3 is 1. The van der Waals surface area contributed by atoms with Crippen LogP contribution in [0.1, 0.15) is 32.8 Å². The van der Waals surface area contributed by atoms with Crippen LogP contribution >= 0.6 is 0 Å². The van der Waals surface area contributed by atoms with E-state index in [1.807, 2.05) is 6.07 Å². The van der Waals surface area contributed by atoms with E-state index in [2.05, 4.69) is 25.7 Å². The van der Waals surface area contributed by atoms with E-state index < -0.39 is 0 Å². The number of ether oxygens (including phenoxy) is 1. The fourth-order valence-electron chi connectivity index (χ4n) is 3.08. The van der Waals surface area contributed by atoms with Crippen molar-refractivity contribution in [2.24, 2.45) is 11.8 Å². The standard InChI is InChI=1S/C16H25NO2/c1-11-7-12(2)13(3)17(9-11)10-14-8-15(19-4)5-6-16(14)18/h5-6,8,11-13,18H,7,9-10H2,1-4H3. The predicted octanol–water partition coefficient (Wildman–Crippen LogP) is 3.27. The minimum Gasteiger partial charge on any atom is -0.508 e. The summed E-state index contributed by atoms with van der Waals surface area (Å²) in [7, 11) is 1.66. The third-order valence-corrected chi connectivity index (χ3v) is 4.38. The molecule has 1 aliphatic heterocycles. The van der Waals surface area contributed by atoms with E-state index >= 15 is 0 Å². The van der Waals surface area contributed by atoms with Gasteiger partial charge in [0.25, 0.3) is 0 Å². The summed E-state index contributed by atoms with van der Waals surface area (Å²) in [4.78, 5) is 2.47. The van der Waals surface area contributed by atoms with Crippen molar-refractivity contribution in [2.45, 2.75) is 39.8 Å². The van der Waals surface area contributed by atoms with Crippen molar-refractivity contribution < 1.29 is 9.84 Å². The number of piperidine rings is 1. The highest BCUT2D eigenvalue weighted by Crippen LogP contribution is 2.31. The Kier molecular flexibility index (Phi) is 4.35. The van der Waals surface area contributed by atoms with Crippen LogP contribution in [-0.4, -0.2) is 29.7 Å². The Morgan fingerprint density at radius 1 is 1.32 bits per heavy atom. The van der Waals surface area contributed by atoms with E-state index in [4.69, 9.17) is 4.74 Å². The van der Waals surface area contributed by atoms with Gasteiger partial charge in [0.2, 0.25) is 0 Å². The van der Waals surface area contributed by atoms with Gasteiger partial charge in [0, 0.05) is 24.7 Å². The molecule has 1 fully saturated rings. The van der Waals surface area contributed by atoms with Gasteiger partial charge in [-0.1, -0.05) is 13.8 Å². The summed E-state index contributed by atoms with van der Waals surface area (Å²) in [5.74, 6) is 2.59. The minimum absolute atomic E-state index is 0.360. The number of aromatic hydroxyl groups is 1. The summed E-state index contributed by atoms with van der Waals surface area (Å²) < 4.78 is 5.24. The summed E-state index contributed by atoms with van der Waals surface area (Å²) in [6, 6.07) is 6.01. The lowest BCUT2D eigenvalue weighted by Gasteiger charge is -2.41. The molecule has 0 bridgehead atoms. The van der Waals surface area contributed by atoms with E-state index in [1.165, 1.54) is 6.42 Å². The zero-order valence-corrected chi connectivity index (χ0v) is 12.4. The van der Waals surface area contributed by atoms with Gasteiger partial charge in [-0.05, 0) is 43.4 Å². The lowest BCUT2D eigenvalue weighted by molar-refractivity contribution is 0.0722. The van der Waals surface area contributed by atoms with Gasteiger partial charge in [0.15, 0.2) is 0 Å². The topological polar surface area (TPSA) is 32.7 Å². The largest absolute Gasteiger partial charge is 0.508 e. The van der Waals surface area contributed by atoms with Crippen LogP contribution in [0, 0.1) is 11.8 Å². The average Bonchev–Trinajstić information content (AvgIpc) is 2.38. The molecule has 3 atom stereocenters. The predicted molar refractivity (Wildman–Crippen MR) is 77.5 cm³/mol. The third-order valence-electron chi connectivity index (χ3n) is 4.38. The first-order chi connectivity index (χ1) is 9.01. The molecule has 1 heterocycles. The van der Waals surface area contributed by atoms with Gasteiger partial charge >= 0.3 is 0 Å². The van der Waals surface area contributed by atoms with Crippen LogP contribution in [0.3, 0.4) is 0 Å². The Morgan fingerprint density at radius 2 is 2.05 bits per heavy atom. The Morgan fingerprint density at radius 3 is 2.74 bits per heavy atom. The molecule has 3 nitrogen and oxygen atoms in total. The summed E-state index contributed by atoms with van der Waals surface area (Å²) in [5, 5.41) is 10.00. The van der Waals surface area contributed by atoms with Crippen LogP contribution in [-0.2, 0) is 6.54 Å². The Bertz CT molecular complexity index is 433. The lowest BCUT2D eigenvalue weighted by Crippen LogP contribution is -2.45.